The van der Waals surface area contributed by atoms with E-state index >= 15 is 0 Å². The van der Waals surface area contributed by atoms with Gasteiger partial charge in [0.15, 0.2) is 0 Å². The molecule has 0 aromatic carbocycles. The van der Waals surface area contributed by atoms with E-state index in [1.54, 1.807) is 0 Å². The van der Waals surface area contributed by atoms with Gasteiger partial charge in [-0.2, -0.15) is 5.10 Å². The van der Waals surface area contributed by atoms with Gasteiger partial charge in [-0.05, 0) is 13.3 Å². The second-order valence-electron chi connectivity index (χ2n) is 3.24. The van der Waals surface area contributed by atoms with Gasteiger partial charge in [-0.3, -0.25) is 4.68 Å². The lowest BCUT2D eigenvalue weighted by molar-refractivity contribution is 0.586. The van der Waals surface area contributed by atoms with Crippen molar-refractivity contribution < 1.29 is 0 Å². The Morgan fingerprint density at radius 1 is 1.47 bits per heavy atom. The molecule has 0 aliphatic rings. The van der Waals surface area contributed by atoms with Crippen LogP contribution in [0.3, 0.4) is 0 Å². The van der Waals surface area contributed by atoms with Crippen LogP contribution < -0.4 is 5.32 Å². The van der Waals surface area contributed by atoms with Crippen LogP contribution in [0.25, 0.3) is 0 Å². The zero-order valence-corrected chi connectivity index (χ0v) is 11.5. The Hall–Kier alpha value is -0.0600. The minimum Gasteiger partial charge on any atom is -0.310 e. The third-order valence-electron chi connectivity index (χ3n) is 2.26. The predicted octanol–water partition coefficient (Wildman–Crippen LogP) is 2.60. The number of aromatic nitrogens is 2. The highest BCUT2D eigenvalue weighted by atomic mass is 79.9. The molecule has 0 fully saturated rings. The molecule has 15 heavy (non-hydrogen) atoms. The molecule has 1 N–H and O–H groups in total. The van der Waals surface area contributed by atoms with Crippen LogP contribution in [0.4, 0.5) is 0 Å². The second-order valence-corrected chi connectivity index (χ2v) is 4.41. The van der Waals surface area contributed by atoms with Crippen LogP contribution in [0.5, 0.6) is 0 Å². The fourth-order valence-electron chi connectivity index (χ4n) is 1.46. The van der Waals surface area contributed by atoms with Gasteiger partial charge >= 0.3 is 0 Å². The highest BCUT2D eigenvalue weighted by Gasteiger charge is 2.13. The van der Waals surface area contributed by atoms with Gasteiger partial charge in [0.1, 0.15) is 0 Å². The molecular formula is C10H17BrClN3. The summed E-state index contributed by atoms with van der Waals surface area (Å²) < 4.78 is 1.97. The van der Waals surface area contributed by atoms with Crippen molar-refractivity contribution in [3.8, 4) is 0 Å². The van der Waals surface area contributed by atoms with Crippen LogP contribution >= 0.6 is 27.5 Å². The molecule has 0 unspecified atom stereocenters. The zero-order chi connectivity index (χ0) is 11.3. The molecule has 0 saturated carbocycles. The number of nitrogens with one attached hydrogen (secondary N) is 1. The van der Waals surface area contributed by atoms with Gasteiger partial charge in [-0.1, -0.05) is 34.5 Å². The van der Waals surface area contributed by atoms with Crippen molar-refractivity contribution in [3.63, 3.8) is 0 Å². The molecule has 0 amide bonds. The van der Waals surface area contributed by atoms with E-state index in [-0.39, 0.29) is 0 Å². The maximum Gasteiger partial charge on any atom is 0.0863 e. The molecule has 0 saturated heterocycles. The molecule has 0 aliphatic carbocycles. The van der Waals surface area contributed by atoms with Crippen LogP contribution in [0.15, 0.2) is 0 Å². The quantitative estimate of drug-likeness (QED) is 0.645. The Morgan fingerprint density at radius 2 is 2.20 bits per heavy atom. The first-order valence-corrected chi connectivity index (χ1v) is 6.75. The number of hydrogen-bond acceptors (Lipinski definition) is 2. The van der Waals surface area contributed by atoms with Crippen molar-refractivity contribution in [1.82, 2.24) is 15.1 Å². The Kier molecular flexibility index (Phi) is 5.64. The van der Waals surface area contributed by atoms with Crippen molar-refractivity contribution in [2.24, 2.45) is 0 Å². The Labute approximate surface area is 104 Å². The standard InChI is InChI=1S/C10H17BrClN3/c1-3-8-10(12)9(7-13-6-5-11)15(4-2)14-8/h13H,3-7H2,1-2H3. The van der Waals surface area contributed by atoms with Crippen molar-refractivity contribution in [1.29, 1.82) is 0 Å². The largest absolute Gasteiger partial charge is 0.310 e. The maximum absolute atomic E-state index is 6.25. The normalized spacial score (nSPS) is 10.9. The third kappa shape index (κ3) is 3.20. The average Bonchev–Trinajstić information content (AvgIpc) is 2.56. The first kappa shape index (κ1) is 13.0. The number of hydrogen-bond donors (Lipinski definition) is 1. The van der Waals surface area contributed by atoms with Crippen molar-refractivity contribution >= 4 is 27.5 Å². The van der Waals surface area contributed by atoms with Gasteiger partial charge in [0.25, 0.3) is 0 Å². The molecule has 0 bridgehead atoms. The fourth-order valence-corrected chi connectivity index (χ4v) is 2.08. The van der Waals surface area contributed by atoms with Gasteiger partial charge in [0.2, 0.25) is 0 Å². The van der Waals surface area contributed by atoms with Gasteiger partial charge in [-0.25, -0.2) is 0 Å². The van der Waals surface area contributed by atoms with Gasteiger partial charge in [0.05, 0.1) is 16.4 Å². The molecule has 86 valence electrons. The smallest absolute Gasteiger partial charge is 0.0863 e. The van der Waals surface area contributed by atoms with E-state index in [2.05, 4.69) is 40.2 Å². The fraction of sp³-hybridized carbons (Fsp3) is 0.700. The summed E-state index contributed by atoms with van der Waals surface area (Å²) in [6, 6.07) is 0. The Balaban J connectivity index is 2.78. The lowest BCUT2D eigenvalue weighted by atomic mass is 10.3. The summed E-state index contributed by atoms with van der Waals surface area (Å²) in [5, 5.41) is 9.54. The van der Waals surface area contributed by atoms with E-state index < -0.39 is 0 Å². The van der Waals surface area contributed by atoms with Crippen LogP contribution in [-0.4, -0.2) is 21.7 Å². The molecule has 1 aromatic heterocycles. The van der Waals surface area contributed by atoms with Crippen LogP contribution in [-0.2, 0) is 19.5 Å². The molecule has 0 aliphatic heterocycles. The summed E-state index contributed by atoms with van der Waals surface area (Å²) in [7, 11) is 0. The minimum atomic E-state index is 0.783. The van der Waals surface area contributed by atoms with E-state index in [1.807, 2.05) is 4.68 Å². The zero-order valence-electron chi connectivity index (χ0n) is 9.19. The molecule has 0 radical (unpaired) electrons. The monoisotopic (exact) mass is 293 g/mol. The summed E-state index contributed by atoms with van der Waals surface area (Å²) in [4.78, 5) is 0. The number of aryl methyl sites for hydroxylation is 2. The summed E-state index contributed by atoms with van der Waals surface area (Å²) in [6.45, 7) is 6.74. The summed E-state index contributed by atoms with van der Waals surface area (Å²) >= 11 is 9.63. The molecule has 5 heteroatoms. The number of halogens is 2. The van der Waals surface area contributed by atoms with Gasteiger partial charge in [0, 0.05) is 25.0 Å². The Bertz CT molecular complexity index is 312. The van der Waals surface area contributed by atoms with Crippen LogP contribution in [0.2, 0.25) is 5.02 Å². The topological polar surface area (TPSA) is 29.9 Å². The van der Waals surface area contributed by atoms with Gasteiger partial charge < -0.3 is 5.32 Å². The second kappa shape index (κ2) is 6.51. The number of nitrogens with zero attached hydrogens (tertiary/aromatic N) is 2. The summed E-state index contributed by atoms with van der Waals surface area (Å²) in [5.41, 5.74) is 2.09. The van der Waals surface area contributed by atoms with E-state index in [1.165, 1.54) is 0 Å². The highest BCUT2D eigenvalue weighted by Crippen LogP contribution is 2.21. The molecule has 1 aromatic rings. The SMILES string of the molecule is CCc1nn(CC)c(CNCCBr)c1Cl. The van der Waals surface area contributed by atoms with Crippen molar-refractivity contribution in [2.45, 2.75) is 33.4 Å². The highest BCUT2D eigenvalue weighted by molar-refractivity contribution is 9.09. The van der Waals surface area contributed by atoms with E-state index in [4.69, 9.17) is 11.6 Å². The summed E-state index contributed by atoms with van der Waals surface area (Å²) in [6.07, 6.45) is 0.886. The molecule has 3 nitrogen and oxygen atoms in total. The lowest BCUT2D eigenvalue weighted by Gasteiger charge is -2.05. The molecule has 1 heterocycles. The molecule has 0 atom stereocenters. The molecule has 0 spiro atoms. The molecular weight excluding hydrogens is 277 g/mol. The number of alkyl halides is 1. The maximum atomic E-state index is 6.25. The first-order valence-electron chi connectivity index (χ1n) is 5.25. The Morgan fingerprint density at radius 3 is 2.73 bits per heavy atom. The third-order valence-corrected chi connectivity index (χ3v) is 3.09. The van der Waals surface area contributed by atoms with E-state index in [0.717, 1.165) is 47.8 Å². The van der Waals surface area contributed by atoms with E-state index in [9.17, 15) is 0 Å². The van der Waals surface area contributed by atoms with Crippen molar-refractivity contribution in [3.05, 3.63) is 16.4 Å². The summed E-state index contributed by atoms with van der Waals surface area (Å²) in [5.74, 6) is 0. The van der Waals surface area contributed by atoms with Crippen molar-refractivity contribution in [2.75, 3.05) is 11.9 Å². The molecule has 1 rings (SSSR count). The minimum absolute atomic E-state index is 0.783. The lowest BCUT2D eigenvalue weighted by Crippen LogP contribution is -2.18. The predicted molar refractivity (Wildman–Crippen MR) is 67.8 cm³/mol. The number of rotatable bonds is 6. The van der Waals surface area contributed by atoms with Crippen LogP contribution in [0.1, 0.15) is 25.2 Å². The average molecular weight is 295 g/mol. The van der Waals surface area contributed by atoms with E-state index in [0.29, 0.717) is 0 Å². The first-order chi connectivity index (χ1) is 7.24. The van der Waals surface area contributed by atoms with Crippen LogP contribution in [0, 0.1) is 0 Å². The van der Waals surface area contributed by atoms with Gasteiger partial charge in [-0.15, -0.1) is 0 Å².